The fourth-order valence-corrected chi connectivity index (χ4v) is 2.66. The van der Waals surface area contributed by atoms with Crippen LogP contribution in [-0.2, 0) is 10.5 Å². The third-order valence-corrected chi connectivity index (χ3v) is 3.91. The van der Waals surface area contributed by atoms with Crippen LogP contribution in [0.4, 0.5) is 0 Å². The quantitative estimate of drug-likeness (QED) is 0.626. The van der Waals surface area contributed by atoms with E-state index in [0.29, 0.717) is 5.52 Å². The highest BCUT2D eigenvalue weighted by Crippen LogP contribution is 2.40. The van der Waals surface area contributed by atoms with Gasteiger partial charge in [0.25, 0.3) is 0 Å². The lowest BCUT2D eigenvalue weighted by atomic mass is 9.91. The number of hydrogen-bond acceptors (Lipinski definition) is 7. The maximum absolute atomic E-state index is 10.9. The van der Waals surface area contributed by atoms with Crippen LogP contribution in [0.3, 0.4) is 0 Å². The fourth-order valence-electron chi connectivity index (χ4n) is 2.48. The van der Waals surface area contributed by atoms with E-state index in [4.69, 9.17) is 16.3 Å². The van der Waals surface area contributed by atoms with Crippen LogP contribution in [0.25, 0.3) is 11.2 Å². The van der Waals surface area contributed by atoms with Crippen molar-refractivity contribution in [2.75, 3.05) is 13.2 Å². The number of aliphatic hydroxyl groups is 3. The molecule has 3 rings (SSSR count). The molecule has 2 aromatic heterocycles. The normalized spacial score (nSPS) is 34.0. The molecule has 0 aliphatic carbocycles. The molecule has 3 atom stereocenters. The van der Waals surface area contributed by atoms with Gasteiger partial charge in [-0.1, -0.05) is 11.6 Å². The average Bonchev–Trinajstić information content (AvgIpc) is 2.92. The Balaban J connectivity index is 2.25. The van der Waals surface area contributed by atoms with Gasteiger partial charge in [0.2, 0.25) is 5.72 Å². The van der Waals surface area contributed by atoms with Crippen molar-refractivity contribution in [1.82, 2.24) is 19.5 Å². The van der Waals surface area contributed by atoms with E-state index in [1.807, 2.05) is 0 Å². The first-order valence-corrected chi connectivity index (χ1v) is 6.31. The van der Waals surface area contributed by atoms with E-state index in [2.05, 4.69) is 15.0 Å². The van der Waals surface area contributed by atoms with Crippen LogP contribution < -0.4 is 0 Å². The predicted molar refractivity (Wildman–Crippen MR) is 68.0 cm³/mol. The van der Waals surface area contributed by atoms with Gasteiger partial charge in [0.05, 0.1) is 19.5 Å². The first kappa shape index (κ1) is 13.7. The van der Waals surface area contributed by atoms with Crippen LogP contribution in [0, 0.1) is 0 Å². The molecular weight excluding hydrogens is 288 g/mol. The van der Waals surface area contributed by atoms with Gasteiger partial charge in [-0.25, -0.2) is 15.0 Å². The molecule has 1 aliphatic rings. The van der Waals surface area contributed by atoms with Gasteiger partial charge in [0.1, 0.15) is 23.5 Å². The van der Waals surface area contributed by atoms with Gasteiger partial charge >= 0.3 is 0 Å². The standard InChI is InChI=1S/C11H13ClN4O4/c1-10(18)3-20-6(2-17)11(10,19)16-5-15-7-8(12)13-4-14-9(7)16/h4-6,17-19H,2-3H2,1H3/t6-,10+,11-/m1/s1. The highest BCUT2D eigenvalue weighted by molar-refractivity contribution is 6.33. The Labute approximate surface area is 118 Å². The van der Waals surface area contributed by atoms with Crippen LogP contribution in [0.5, 0.6) is 0 Å². The topological polar surface area (TPSA) is 114 Å². The number of ether oxygens (including phenoxy) is 1. The maximum atomic E-state index is 10.9. The Morgan fingerprint density at radius 2 is 2.20 bits per heavy atom. The van der Waals surface area contributed by atoms with E-state index in [1.54, 1.807) is 0 Å². The predicted octanol–water partition coefficient (Wildman–Crippen LogP) is -0.733. The lowest BCUT2D eigenvalue weighted by Crippen LogP contribution is -2.57. The number of hydrogen-bond donors (Lipinski definition) is 3. The minimum absolute atomic E-state index is 0.132. The minimum Gasteiger partial charge on any atom is -0.393 e. The molecular formula is C11H13ClN4O4. The van der Waals surface area contributed by atoms with Crippen molar-refractivity contribution in [2.24, 2.45) is 0 Å². The van der Waals surface area contributed by atoms with Crippen molar-refractivity contribution in [1.29, 1.82) is 0 Å². The molecule has 8 nitrogen and oxygen atoms in total. The molecule has 1 aliphatic heterocycles. The zero-order valence-corrected chi connectivity index (χ0v) is 11.3. The average molecular weight is 301 g/mol. The fraction of sp³-hybridized carbons (Fsp3) is 0.545. The molecule has 0 saturated carbocycles. The van der Waals surface area contributed by atoms with Gasteiger partial charge in [-0.15, -0.1) is 0 Å². The van der Waals surface area contributed by atoms with Gasteiger partial charge in [-0.05, 0) is 6.92 Å². The van der Waals surface area contributed by atoms with E-state index in [0.717, 1.165) is 0 Å². The summed E-state index contributed by atoms with van der Waals surface area (Å²) in [5.41, 5.74) is -2.99. The van der Waals surface area contributed by atoms with Crippen molar-refractivity contribution in [3.8, 4) is 0 Å². The van der Waals surface area contributed by atoms with Gasteiger partial charge in [0.15, 0.2) is 10.8 Å². The molecule has 0 amide bonds. The van der Waals surface area contributed by atoms with E-state index in [1.165, 1.54) is 24.1 Å². The molecule has 2 aromatic rings. The summed E-state index contributed by atoms with van der Waals surface area (Å²) in [6, 6.07) is 0. The Kier molecular flexibility index (Phi) is 2.96. The van der Waals surface area contributed by atoms with Gasteiger partial charge < -0.3 is 20.1 Å². The molecule has 0 bridgehead atoms. The summed E-state index contributed by atoms with van der Waals surface area (Å²) >= 11 is 5.91. The van der Waals surface area contributed by atoms with Crippen molar-refractivity contribution in [3.05, 3.63) is 17.8 Å². The first-order valence-electron chi connectivity index (χ1n) is 5.93. The second-order valence-electron chi connectivity index (χ2n) is 4.93. The van der Waals surface area contributed by atoms with Gasteiger partial charge in [0, 0.05) is 0 Å². The summed E-state index contributed by atoms with van der Waals surface area (Å²) in [5, 5.41) is 30.8. The van der Waals surface area contributed by atoms with Gasteiger partial charge in [-0.3, -0.25) is 4.57 Å². The van der Waals surface area contributed by atoms with Crippen LogP contribution in [0.2, 0.25) is 5.15 Å². The van der Waals surface area contributed by atoms with E-state index in [-0.39, 0.29) is 17.4 Å². The number of aliphatic hydroxyl groups excluding tert-OH is 1. The van der Waals surface area contributed by atoms with Crippen molar-refractivity contribution in [3.63, 3.8) is 0 Å². The van der Waals surface area contributed by atoms with E-state index < -0.39 is 24.0 Å². The maximum Gasteiger partial charge on any atom is 0.204 e. The molecule has 20 heavy (non-hydrogen) atoms. The summed E-state index contributed by atoms with van der Waals surface area (Å²) in [6.07, 6.45) is 1.51. The summed E-state index contributed by atoms with van der Waals surface area (Å²) < 4.78 is 6.51. The second kappa shape index (κ2) is 4.34. The molecule has 9 heteroatoms. The SMILES string of the molecule is C[C@]1(O)CO[C@H](CO)[C@]1(O)n1cnc2c(Cl)ncnc21. The Morgan fingerprint density at radius 3 is 2.90 bits per heavy atom. The molecule has 3 N–H and O–H groups in total. The molecule has 3 heterocycles. The van der Waals surface area contributed by atoms with Gasteiger partial charge in [-0.2, -0.15) is 0 Å². The number of halogens is 1. The first-order chi connectivity index (χ1) is 9.41. The van der Waals surface area contributed by atoms with Crippen molar-refractivity contribution >= 4 is 22.8 Å². The third kappa shape index (κ3) is 1.60. The van der Waals surface area contributed by atoms with E-state index >= 15 is 0 Å². The third-order valence-electron chi connectivity index (χ3n) is 3.63. The number of rotatable bonds is 2. The summed E-state index contributed by atoms with van der Waals surface area (Å²) in [7, 11) is 0. The largest absolute Gasteiger partial charge is 0.393 e. The van der Waals surface area contributed by atoms with Crippen molar-refractivity contribution in [2.45, 2.75) is 24.4 Å². The lowest BCUT2D eigenvalue weighted by molar-refractivity contribution is -0.186. The summed E-state index contributed by atoms with van der Waals surface area (Å²) in [6.45, 7) is 0.815. The Morgan fingerprint density at radius 1 is 1.45 bits per heavy atom. The highest BCUT2D eigenvalue weighted by atomic mass is 35.5. The number of fused-ring (bicyclic) bond motifs is 1. The summed E-state index contributed by atoms with van der Waals surface area (Å²) in [4.78, 5) is 11.9. The van der Waals surface area contributed by atoms with Crippen LogP contribution in [0.1, 0.15) is 6.92 Å². The number of aromatic nitrogens is 4. The number of imidazole rings is 1. The minimum atomic E-state index is -1.91. The smallest absolute Gasteiger partial charge is 0.204 e. The number of nitrogens with zero attached hydrogens (tertiary/aromatic N) is 4. The monoisotopic (exact) mass is 300 g/mol. The molecule has 0 unspecified atom stereocenters. The second-order valence-corrected chi connectivity index (χ2v) is 5.29. The Bertz CT molecular complexity index is 661. The van der Waals surface area contributed by atoms with Crippen LogP contribution in [-0.4, -0.2) is 59.8 Å². The van der Waals surface area contributed by atoms with Crippen LogP contribution >= 0.6 is 11.6 Å². The molecule has 1 saturated heterocycles. The Hall–Kier alpha value is -1.32. The van der Waals surface area contributed by atoms with Crippen LogP contribution in [0.15, 0.2) is 12.7 Å². The van der Waals surface area contributed by atoms with E-state index in [9.17, 15) is 15.3 Å². The summed E-state index contributed by atoms with van der Waals surface area (Å²) in [5.74, 6) is 0. The molecule has 108 valence electrons. The highest BCUT2D eigenvalue weighted by Gasteiger charge is 2.60. The van der Waals surface area contributed by atoms with Crippen molar-refractivity contribution < 1.29 is 20.1 Å². The molecule has 0 aromatic carbocycles. The zero-order valence-electron chi connectivity index (χ0n) is 10.6. The molecule has 0 spiro atoms. The molecule has 0 radical (unpaired) electrons. The zero-order chi connectivity index (χ0) is 14.5. The lowest BCUT2D eigenvalue weighted by Gasteiger charge is -2.37. The molecule has 1 fully saturated rings.